The van der Waals surface area contributed by atoms with Gasteiger partial charge in [0.25, 0.3) is 0 Å². The van der Waals surface area contributed by atoms with Gasteiger partial charge in [-0.15, -0.1) is 0 Å². The topological polar surface area (TPSA) is 85.7 Å². The molecule has 1 saturated heterocycles. The van der Waals surface area contributed by atoms with E-state index in [4.69, 9.17) is 21.7 Å². The third-order valence-corrected chi connectivity index (χ3v) is 6.87. The van der Waals surface area contributed by atoms with Gasteiger partial charge in [-0.05, 0) is 74.4 Å². The Balaban J connectivity index is 1.76. The molecule has 2 aromatic heterocycles. The number of aromatic nitrogens is 2. The fourth-order valence-corrected chi connectivity index (χ4v) is 5.19. The van der Waals surface area contributed by atoms with Gasteiger partial charge in [-0.3, -0.25) is 9.78 Å². The molecule has 0 spiro atoms. The highest BCUT2D eigenvalue weighted by molar-refractivity contribution is 7.80. The van der Waals surface area contributed by atoms with E-state index in [1.807, 2.05) is 43.3 Å². The minimum absolute atomic E-state index is 0.131. The molecule has 0 aliphatic carbocycles. The highest BCUT2D eigenvalue weighted by Crippen LogP contribution is 2.41. The lowest BCUT2D eigenvalue weighted by molar-refractivity contribution is -0.140. The number of aryl methyl sites for hydroxylation is 1. The second-order valence-corrected chi connectivity index (χ2v) is 9.09. The van der Waals surface area contributed by atoms with Gasteiger partial charge in [-0.2, -0.15) is 0 Å². The summed E-state index contributed by atoms with van der Waals surface area (Å²) in [4.78, 5) is 30.6. The SMILES string of the molecule is COC(=O)CCCN1C(=S)N[C@@H](c2ccccn2)[C@@H]1c1cc(C)n(-c2cccc(C(=O)OC)c2)c1C. The second kappa shape index (κ2) is 10.9. The van der Waals surface area contributed by atoms with Crippen LogP contribution in [0.5, 0.6) is 0 Å². The first-order valence-corrected chi connectivity index (χ1v) is 12.2. The number of benzene rings is 1. The van der Waals surface area contributed by atoms with Crippen molar-refractivity contribution in [2.24, 2.45) is 0 Å². The lowest BCUT2D eigenvalue weighted by atomic mass is 9.96. The first kappa shape index (κ1) is 25.4. The maximum atomic E-state index is 12.1. The van der Waals surface area contributed by atoms with Crippen LogP contribution < -0.4 is 5.32 Å². The summed E-state index contributed by atoms with van der Waals surface area (Å²) in [5.41, 5.74) is 5.40. The van der Waals surface area contributed by atoms with Crippen molar-refractivity contribution in [3.63, 3.8) is 0 Å². The van der Waals surface area contributed by atoms with Gasteiger partial charge < -0.3 is 24.3 Å². The molecule has 36 heavy (non-hydrogen) atoms. The summed E-state index contributed by atoms with van der Waals surface area (Å²) < 4.78 is 11.9. The summed E-state index contributed by atoms with van der Waals surface area (Å²) in [5, 5.41) is 4.08. The van der Waals surface area contributed by atoms with Crippen LogP contribution >= 0.6 is 12.2 Å². The minimum Gasteiger partial charge on any atom is -0.469 e. The van der Waals surface area contributed by atoms with Crippen LogP contribution in [-0.2, 0) is 14.3 Å². The van der Waals surface area contributed by atoms with Gasteiger partial charge in [0.15, 0.2) is 5.11 Å². The Morgan fingerprint density at radius 1 is 1.08 bits per heavy atom. The first-order chi connectivity index (χ1) is 17.3. The van der Waals surface area contributed by atoms with E-state index in [0.717, 1.165) is 28.3 Å². The number of carbonyl (C=O) groups is 2. The zero-order chi connectivity index (χ0) is 25.8. The molecule has 4 rings (SSSR count). The summed E-state index contributed by atoms with van der Waals surface area (Å²) in [6.45, 7) is 4.70. The zero-order valence-corrected chi connectivity index (χ0v) is 21.7. The van der Waals surface area contributed by atoms with E-state index >= 15 is 0 Å². The number of hydrogen-bond acceptors (Lipinski definition) is 6. The molecule has 0 bridgehead atoms. The van der Waals surface area contributed by atoms with E-state index in [-0.39, 0.29) is 24.0 Å². The molecule has 2 atom stereocenters. The van der Waals surface area contributed by atoms with Crippen LogP contribution in [0.15, 0.2) is 54.7 Å². The number of pyridine rings is 1. The first-order valence-electron chi connectivity index (χ1n) is 11.8. The Labute approximate surface area is 216 Å². The van der Waals surface area contributed by atoms with Crippen molar-refractivity contribution in [1.82, 2.24) is 19.8 Å². The van der Waals surface area contributed by atoms with Gasteiger partial charge in [-0.1, -0.05) is 12.1 Å². The Hall–Kier alpha value is -3.72. The van der Waals surface area contributed by atoms with E-state index < -0.39 is 0 Å². The third kappa shape index (κ3) is 4.97. The number of thiocarbonyl (C=S) groups is 1. The minimum atomic E-state index is -0.378. The lowest BCUT2D eigenvalue weighted by Crippen LogP contribution is -2.31. The average molecular weight is 507 g/mol. The van der Waals surface area contributed by atoms with E-state index in [2.05, 4.69) is 32.8 Å². The average Bonchev–Trinajstić information content (AvgIpc) is 3.38. The van der Waals surface area contributed by atoms with Crippen molar-refractivity contribution in [2.45, 2.75) is 38.8 Å². The maximum Gasteiger partial charge on any atom is 0.337 e. The lowest BCUT2D eigenvalue weighted by Gasteiger charge is -2.28. The number of esters is 2. The summed E-state index contributed by atoms with van der Waals surface area (Å²) in [6.07, 6.45) is 2.70. The van der Waals surface area contributed by atoms with Crippen molar-refractivity contribution in [3.8, 4) is 5.69 Å². The number of nitrogens with one attached hydrogen (secondary N) is 1. The molecule has 3 aromatic rings. The molecule has 0 amide bonds. The van der Waals surface area contributed by atoms with Crippen molar-refractivity contribution in [2.75, 3.05) is 20.8 Å². The molecule has 1 aliphatic heterocycles. The monoisotopic (exact) mass is 506 g/mol. The fraction of sp³-hybridized carbons (Fsp3) is 0.333. The summed E-state index contributed by atoms with van der Waals surface area (Å²) >= 11 is 5.75. The smallest absolute Gasteiger partial charge is 0.337 e. The van der Waals surface area contributed by atoms with Crippen molar-refractivity contribution >= 4 is 29.3 Å². The molecule has 0 saturated carbocycles. The second-order valence-electron chi connectivity index (χ2n) is 8.70. The number of ether oxygens (including phenoxy) is 2. The molecule has 0 unspecified atom stereocenters. The van der Waals surface area contributed by atoms with Crippen LogP contribution in [0.3, 0.4) is 0 Å². The van der Waals surface area contributed by atoms with Crippen molar-refractivity contribution in [3.05, 3.63) is 82.9 Å². The van der Waals surface area contributed by atoms with Gasteiger partial charge in [-0.25, -0.2) is 4.79 Å². The largest absolute Gasteiger partial charge is 0.469 e. The van der Waals surface area contributed by atoms with Gasteiger partial charge in [0.1, 0.15) is 0 Å². The van der Waals surface area contributed by atoms with E-state index in [9.17, 15) is 9.59 Å². The van der Waals surface area contributed by atoms with Crippen LogP contribution in [0, 0.1) is 13.8 Å². The fourth-order valence-electron chi connectivity index (χ4n) is 4.85. The Morgan fingerprint density at radius 3 is 2.58 bits per heavy atom. The number of carbonyl (C=O) groups excluding carboxylic acids is 2. The zero-order valence-electron chi connectivity index (χ0n) is 20.9. The summed E-state index contributed by atoms with van der Waals surface area (Å²) in [6, 6.07) is 15.1. The Kier molecular flexibility index (Phi) is 7.69. The molecule has 0 radical (unpaired) electrons. The summed E-state index contributed by atoms with van der Waals surface area (Å²) in [7, 11) is 2.77. The van der Waals surface area contributed by atoms with Crippen LogP contribution in [0.2, 0.25) is 0 Å². The number of rotatable bonds is 8. The normalized spacial score (nSPS) is 17.1. The highest BCUT2D eigenvalue weighted by atomic mass is 32.1. The van der Waals surface area contributed by atoms with Crippen LogP contribution in [0.1, 0.15) is 57.9 Å². The van der Waals surface area contributed by atoms with Crippen LogP contribution in [0.25, 0.3) is 5.69 Å². The van der Waals surface area contributed by atoms with Gasteiger partial charge in [0, 0.05) is 36.2 Å². The van der Waals surface area contributed by atoms with E-state index in [1.54, 1.807) is 12.3 Å². The van der Waals surface area contributed by atoms with Crippen LogP contribution in [0.4, 0.5) is 0 Å². The predicted molar refractivity (Wildman–Crippen MR) is 140 cm³/mol. The Morgan fingerprint density at radius 2 is 1.89 bits per heavy atom. The molecular weight excluding hydrogens is 476 g/mol. The highest BCUT2D eigenvalue weighted by Gasteiger charge is 2.41. The van der Waals surface area contributed by atoms with Gasteiger partial charge in [0.2, 0.25) is 0 Å². The van der Waals surface area contributed by atoms with Gasteiger partial charge >= 0.3 is 11.9 Å². The standard InChI is InChI=1S/C27H30N4O4S/c1-17-15-21(18(2)31(17)20-10-7-9-19(16-20)26(33)35-4)25-24(22-11-5-6-13-28-22)29-27(36)30(25)14-8-12-23(32)34-3/h5-7,9-11,13,15-16,24-25H,8,12,14H2,1-4H3,(H,29,36)/t24-,25-/m0/s1. The molecule has 188 valence electrons. The number of hydrogen-bond donors (Lipinski definition) is 1. The molecule has 1 aromatic carbocycles. The van der Waals surface area contributed by atoms with E-state index in [1.165, 1.54) is 14.2 Å². The predicted octanol–water partition coefficient (Wildman–Crippen LogP) is 4.20. The molecule has 9 heteroatoms. The van der Waals surface area contributed by atoms with Crippen LogP contribution in [-0.4, -0.2) is 52.3 Å². The molecule has 1 N–H and O–H groups in total. The molecule has 8 nitrogen and oxygen atoms in total. The molecule has 3 heterocycles. The summed E-state index contributed by atoms with van der Waals surface area (Å²) in [5.74, 6) is -0.619. The Bertz CT molecular complexity index is 1270. The van der Waals surface area contributed by atoms with Crippen molar-refractivity contribution in [1.29, 1.82) is 0 Å². The maximum absolute atomic E-state index is 12.1. The molecule has 1 aliphatic rings. The van der Waals surface area contributed by atoms with Gasteiger partial charge in [0.05, 0.1) is 37.6 Å². The quantitative estimate of drug-likeness (QED) is 0.359. The number of nitrogens with zero attached hydrogens (tertiary/aromatic N) is 3. The molecular formula is C27H30N4O4S. The third-order valence-electron chi connectivity index (χ3n) is 6.52. The van der Waals surface area contributed by atoms with E-state index in [0.29, 0.717) is 30.1 Å². The number of methoxy groups -OCH3 is 2. The van der Waals surface area contributed by atoms with Crippen molar-refractivity contribution < 1.29 is 19.1 Å². The molecule has 1 fully saturated rings.